The summed E-state index contributed by atoms with van der Waals surface area (Å²) in [5.41, 5.74) is 1.96. The summed E-state index contributed by atoms with van der Waals surface area (Å²) < 4.78 is 3.75. The Bertz CT molecular complexity index is 908. The van der Waals surface area contributed by atoms with Crippen molar-refractivity contribution in [3.8, 4) is 5.00 Å². The van der Waals surface area contributed by atoms with Gasteiger partial charge >= 0.3 is 0 Å². The number of ketones is 1. The number of hydrogen-bond acceptors (Lipinski definition) is 7. The van der Waals surface area contributed by atoms with Crippen molar-refractivity contribution in [3.63, 3.8) is 0 Å². The molecule has 0 bridgehead atoms. The fourth-order valence-electron chi connectivity index (χ4n) is 2.99. The van der Waals surface area contributed by atoms with Gasteiger partial charge in [-0.25, -0.2) is 4.68 Å². The van der Waals surface area contributed by atoms with E-state index >= 15 is 0 Å². The number of carbonyl (C=O) groups is 1. The van der Waals surface area contributed by atoms with E-state index < -0.39 is 0 Å². The van der Waals surface area contributed by atoms with Gasteiger partial charge in [0.2, 0.25) is 0 Å². The van der Waals surface area contributed by atoms with Crippen molar-refractivity contribution in [2.24, 2.45) is 5.41 Å². The zero-order valence-electron chi connectivity index (χ0n) is 13.6. The number of aryl methyl sites for hydroxylation is 1. The Morgan fingerprint density at radius 3 is 2.75 bits per heavy atom. The number of fused-ring (bicyclic) bond motifs is 1. The van der Waals surface area contributed by atoms with Crippen LogP contribution in [0.25, 0.3) is 5.00 Å². The van der Waals surface area contributed by atoms with Gasteiger partial charge in [0.25, 0.3) is 0 Å². The third kappa shape index (κ3) is 2.82. The highest BCUT2D eigenvalue weighted by molar-refractivity contribution is 8.02. The van der Waals surface area contributed by atoms with E-state index in [0.717, 1.165) is 36.1 Å². The summed E-state index contributed by atoms with van der Waals surface area (Å²) in [7, 11) is 0. The number of hydrogen-bond donors (Lipinski definition) is 0. The molecule has 4 rings (SSSR count). The molecule has 124 valence electrons. The second-order valence-corrected chi connectivity index (χ2v) is 10.3. The van der Waals surface area contributed by atoms with Crippen molar-refractivity contribution >= 4 is 40.2 Å². The van der Waals surface area contributed by atoms with E-state index in [1.54, 1.807) is 40.6 Å². The minimum atomic E-state index is -0.0195. The van der Waals surface area contributed by atoms with Crippen LogP contribution in [0.4, 0.5) is 0 Å². The average molecular weight is 377 g/mol. The first-order valence-electron chi connectivity index (χ1n) is 7.60. The fourth-order valence-corrected chi connectivity index (χ4v) is 6.57. The van der Waals surface area contributed by atoms with Crippen molar-refractivity contribution in [2.75, 3.05) is 0 Å². The van der Waals surface area contributed by atoms with Gasteiger partial charge in [0, 0.05) is 29.9 Å². The van der Waals surface area contributed by atoms with Gasteiger partial charge in [0.15, 0.2) is 10.1 Å². The molecule has 3 aromatic rings. The Hall–Kier alpha value is -1.51. The zero-order valence-corrected chi connectivity index (χ0v) is 16.0. The van der Waals surface area contributed by atoms with Gasteiger partial charge in [-0.1, -0.05) is 25.2 Å². The lowest BCUT2D eigenvalue weighted by atomic mass is 9.75. The predicted molar refractivity (Wildman–Crippen MR) is 96.6 cm³/mol. The Labute approximate surface area is 152 Å². The van der Waals surface area contributed by atoms with Gasteiger partial charge < -0.3 is 0 Å². The number of thiophene rings is 1. The number of Topliss-reactive ketones (excluding diaryl/α,β-unsaturated/α-hetero) is 1. The summed E-state index contributed by atoms with van der Waals surface area (Å²) in [5, 5.41) is 14.6. The highest BCUT2D eigenvalue weighted by Gasteiger charge is 2.37. The summed E-state index contributed by atoms with van der Waals surface area (Å²) in [6, 6.07) is 1.91. The molecule has 0 spiro atoms. The van der Waals surface area contributed by atoms with E-state index in [4.69, 9.17) is 0 Å². The standard InChI is InChI=1S/C16H16N4OS3/c1-9-18-19-15(22-9)24-14-12-10(7-16(2,3)8-11(12)21)13(23-14)20-6-4-5-17-20/h4-6H,7-8H2,1-3H3. The second-order valence-electron chi connectivity index (χ2n) is 6.63. The summed E-state index contributed by atoms with van der Waals surface area (Å²) in [5.74, 6) is 0.222. The lowest BCUT2D eigenvalue weighted by Crippen LogP contribution is -2.27. The van der Waals surface area contributed by atoms with E-state index in [1.165, 1.54) is 0 Å². The molecule has 1 aliphatic carbocycles. The molecule has 0 radical (unpaired) electrons. The Morgan fingerprint density at radius 1 is 1.25 bits per heavy atom. The van der Waals surface area contributed by atoms with Crippen LogP contribution < -0.4 is 0 Å². The Kier molecular flexibility index (Phi) is 3.85. The van der Waals surface area contributed by atoms with Gasteiger partial charge in [-0.05, 0) is 36.6 Å². The molecule has 0 fully saturated rings. The monoisotopic (exact) mass is 376 g/mol. The van der Waals surface area contributed by atoms with Crippen LogP contribution in [0.5, 0.6) is 0 Å². The zero-order chi connectivity index (χ0) is 16.9. The highest BCUT2D eigenvalue weighted by Crippen LogP contribution is 2.48. The van der Waals surface area contributed by atoms with E-state index in [0.29, 0.717) is 6.42 Å². The van der Waals surface area contributed by atoms with Crippen molar-refractivity contribution in [1.29, 1.82) is 0 Å². The fraction of sp³-hybridized carbons (Fsp3) is 0.375. The molecule has 0 unspecified atom stereocenters. The van der Waals surface area contributed by atoms with Crippen molar-refractivity contribution in [1.82, 2.24) is 20.0 Å². The lowest BCUT2D eigenvalue weighted by molar-refractivity contribution is 0.0910. The van der Waals surface area contributed by atoms with Crippen LogP contribution in [0.3, 0.4) is 0 Å². The SMILES string of the molecule is Cc1nnc(Sc2sc(-n3cccn3)c3c2C(=O)CC(C)(C)C3)s1. The maximum Gasteiger partial charge on any atom is 0.179 e. The quantitative estimate of drug-likeness (QED) is 0.678. The van der Waals surface area contributed by atoms with Gasteiger partial charge in [-0.15, -0.1) is 21.5 Å². The Morgan fingerprint density at radius 2 is 2.08 bits per heavy atom. The van der Waals surface area contributed by atoms with Crippen LogP contribution in [0.2, 0.25) is 0 Å². The van der Waals surface area contributed by atoms with Crippen LogP contribution in [0, 0.1) is 12.3 Å². The smallest absolute Gasteiger partial charge is 0.179 e. The minimum absolute atomic E-state index is 0.0195. The number of nitrogens with zero attached hydrogens (tertiary/aromatic N) is 4. The van der Waals surface area contributed by atoms with Crippen molar-refractivity contribution in [2.45, 2.75) is 42.2 Å². The van der Waals surface area contributed by atoms with Crippen LogP contribution in [0.15, 0.2) is 27.0 Å². The molecule has 5 nitrogen and oxygen atoms in total. The van der Waals surface area contributed by atoms with Gasteiger partial charge in [-0.2, -0.15) is 5.10 Å². The molecular weight excluding hydrogens is 360 g/mol. The molecule has 3 heterocycles. The predicted octanol–water partition coefficient (Wildman–Crippen LogP) is 4.40. The number of aromatic nitrogens is 4. The maximum absolute atomic E-state index is 12.8. The third-order valence-electron chi connectivity index (χ3n) is 3.93. The van der Waals surface area contributed by atoms with Crippen LogP contribution in [-0.4, -0.2) is 25.8 Å². The van der Waals surface area contributed by atoms with Gasteiger partial charge in [-0.3, -0.25) is 4.79 Å². The highest BCUT2D eigenvalue weighted by atomic mass is 32.2. The average Bonchev–Trinajstić information content (AvgIpc) is 3.18. The molecule has 0 amide bonds. The van der Waals surface area contributed by atoms with E-state index in [1.807, 2.05) is 23.9 Å². The van der Waals surface area contributed by atoms with Crippen molar-refractivity contribution in [3.05, 3.63) is 34.6 Å². The van der Waals surface area contributed by atoms with Crippen molar-refractivity contribution < 1.29 is 4.79 Å². The molecular formula is C16H16N4OS3. The number of carbonyl (C=O) groups excluding carboxylic acids is 1. The first-order valence-corrected chi connectivity index (χ1v) is 10.0. The van der Waals surface area contributed by atoms with E-state index in [9.17, 15) is 4.79 Å². The van der Waals surface area contributed by atoms with Crippen LogP contribution in [-0.2, 0) is 6.42 Å². The van der Waals surface area contributed by atoms with E-state index in [2.05, 4.69) is 29.1 Å². The largest absolute Gasteiger partial charge is 0.294 e. The maximum atomic E-state index is 12.8. The topological polar surface area (TPSA) is 60.7 Å². The van der Waals surface area contributed by atoms with Gasteiger partial charge in [0.1, 0.15) is 10.0 Å². The molecule has 3 aromatic heterocycles. The first-order chi connectivity index (χ1) is 11.4. The second kappa shape index (κ2) is 5.79. The Balaban J connectivity index is 1.84. The normalized spacial score (nSPS) is 16.4. The molecule has 0 atom stereocenters. The molecule has 0 saturated carbocycles. The summed E-state index contributed by atoms with van der Waals surface area (Å²) >= 11 is 4.72. The molecule has 0 aliphatic heterocycles. The summed E-state index contributed by atoms with van der Waals surface area (Å²) in [4.78, 5) is 12.8. The summed E-state index contributed by atoms with van der Waals surface area (Å²) in [6.45, 7) is 6.24. The lowest BCUT2D eigenvalue weighted by Gasteiger charge is -2.29. The third-order valence-corrected chi connectivity index (χ3v) is 7.22. The molecule has 24 heavy (non-hydrogen) atoms. The van der Waals surface area contributed by atoms with Crippen LogP contribution in [0.1, 0.15) is 41.2 Å². The molecule has 1 aliphatic rings. The van der Waals surface area contributed by atoms with Crippen LogP contribution >= 0.6 is 34.4 Å². The first kappa shape index (κ1) is 16.0. The summed E-state index contributed by atoms with van der Waals surface area (Å²) in [6.07, 6.45) is 5.16. The molecule has 0 aromatic carbocycles. The van der Waals surface area contributed by atoms with Gasteiger partial charge in [0.05, 0.1) is 4.21 Å². The molecule has 0 N–H and O–H groups in total. The number of rotatable bonds is 3. The van der Waals surface area contributed by atoms with E-state index in [-0.39, 0.29) is 11.2 Å². The minimum Gasteiger partial charge on any atom is -0.294 e. The molecule has 8 heteroatoms. The molecule has 0 saturated heterocycles.